The predicted octanol–water partition coefficient (Wildman–Crippen LogP) is -0.184. The van der Waals surface area contributed by atoms with Crippen LogP contribution in [0, 0.1) is 18.8 Å². The third kappa shape index (κ3) is 3.79. The van der Waals surface area contributed by atoms with Gasteiger partial charge in [-0.25, -0.2) is 0 Å². The molecule has 0 radical (unpaired) electrons. The molecule has 78 valence electrons. The van der Waals surface area contributed by atoms with Gasteiger partial charge in [-0.1, -0.05) is 11.8 Å². The molecule has 0 saturated carbocycles. The minimum atomic E-state index is -0.202. The number of nitrogens with one attached hydrogen (secondary N) is 1. The molecule has 3 N–H and O–H groups in total. The van der Waals surface area contributed by atoms with Gasteiger partial charge in [-0.3, -0.25) is 9.78 Å². The highest BCUT2D eigenvalue weighted by molar-refractivity contribution is 5.77. The number of carbonyl (C=O) groups excluding carboxylic acids is 1. The number of amides is 1. The lowest BCUT2D eigenvalue weighted by Crippen LogP contribution is -2.30. The highest BCUT2D eigenvalue weighted by Crippen LogP contribution is 2.01. The van der Waals surface area contributed by atoms with Gasteiger partial charge < -0.3 is 11.1 Å². The molecule has 4 nitrogen and oxygen atoms in total. The van der Waals surface area contributed by atoms with Crippen LogP contribution in [0.25, 0.3) is 0 Å². The number of nitrogens with zero attached hydrogens (tertiary/aromatic N) is 1. The van der Waals surface area contributed by atoms with Crippen molar-refractivity contribution in [1.29, 1.82) is 0 Å². The van der Waals surface area contributed by atoms with Crippen molar-refractivity contribution in [3.05, 3.63) is 29.6 Å². The minimum Gasteiger partial charge on any atom is -0.344 e. The number of rotatable bonds is 2. The van der Waals surface area contributed by atoms with Crippen molar-refractivity contribution in [2.24, 2.45) is 5.73 Å². The first-order valence-electron chi connectivity index (χ1n) is 4.60. The van der Waals surface area contributed by atoms with Gasteiger partial charge in [0.15, 0.2) is 0 Å². The maximum absolute atomic E-state index is 10.8. The van der Waals surface area contributed by atoms with Crippen LogP contribution < -0.4 is 11.1 Å². The molecule has 0 aliphatic rings. The summed E-state index contributed by atoms with van der Waals surface area (Å²) >= 11 is 0. The van der Waals surface area contributed by atoms with Crippen molar-refractivity contribution < 1.29 is 4.79 Å². The van der Waals surface area contributed by atoms with E-state index in [9.17, 15) is 4.79 Å². The Balaban J connectivity index is 2.52. The predicted molar refractivity (Wildman–Crippen MR) is 57.9 cm³/mol. The van der Waals surface area contributed by atoms with Crippen LogP contribution in [-0.2, 0) is 4.79 Å². The number of hydrogen-bond acceptors (Lipinski definition) is 3. The first-order valence-corrected chi connectivity index (χ1v) is 4.60. The summed E-state index contributed by atoms with van der Waals surface area (Å²) in [6.07, 6.45) is 3.42. The Bertz CT molecular complexity index is 404. The zero-order valence-corrected chi connectivity index (χ0v) is 8.58. The van der Waals surface area contributed by atoms with E-state index >= 15 is 0 Å². The van der Waals surface area contributed by atoms with Gasteiger partial charge in [0.1, 0.15) is 0 Å². The molecule has 15 heavy (non-hydrogen) atoms. The summed E-state index contributed by atoms with van der Waals surface area (Å²) < 4.78 is 0. The van der Waals surface area contributed by atoms with Crippen LogP contribution in [0.5, 0.6) is 0 Å². The number of aryl methyl sites for hydroxylation is 1. The Morgan fingerprint density at radius 2 is 2.47 bits per heavy atom. The minimum absolute atomic E-state index is 0.00635. The van der Waals surface area contributed by atoms with E-state index in [1.54, 1.807) is 12.4 Å². The van der Waals surface area contributed by atoms with E-state index in [-0.39, 0.29) is 12.5 Å². The molecule has 0 unspecified atom stereocenters. The second kappa shape index (κ2) is 5.78. The Morgan fingerprint density at radius 1 is 1.67 bits per heavy atom. The first kappa shape index (κ1) is 11.2. The monoisotopic (exact) mass is 203 g/mol. The van der Waals surface area contributed by atoms with Crippen molar-refractivity contribution in [3.8, 4) is 11.8 Å². The van der Waals surface area contributed by atoms with Gasteiger partial charge in [-0.15, -0.1) is 0 Å². The van der Waals surface area contributed by atoms with E-state index in [0.717, 1.165) is 11.1 Å². The van der Waals surface area contributed by atoms with Crippen LogP contribution in [0.1, 0.15) is 11.1 Å². The molecule has 0 atom stereocenters. The summed E-state index contributed by atoms with van der Waals surface area (Å²) in [6, 6.07) is 1.89. The van der Waals surface area contributed by atoms with E-state index < -0.39 is 0 Å². The number of carbonyl (C=O) groups is 1. The van der Waals surface area contributed by atoms with Gasteiger partial charge in [0.05, 0.1) is 13.1 Å². The number of pyridine rings is 1. The molecule has 0 bridgehead atoms. The van der Waals surface area contributed by atoms with Crippen molar-refractivity contribution in [1.82, 2.24) is 10.3 Å². The van der Waals surface area contributed by atoms with Crippen LogP contribution in [0.4, 0.5) is 0 Å². The third-order valence-corrected chi connectivity index (χ3v) is 1.82. The smallest absolute Gasteiger partial charge is 0.234 e. The van der Waals surface area contributed by atoms with Crippen molar-refractivity contribution in [2.45, 2.75) is 6.92 Å². The van der Waals surface area contributed by atoms with Gasteiger partial charge in [0.2, 0.25) is 5.91 Å². The third-order valence-electron chi connectivity index (χ3n) is 1.82. The van der Waals surface area contributed by atoms with Gasteiger partial charge in [-0.2, -0.15) is 0 Å². The van der Waals surface area contributed by atoms with Crippen LogP contribution in [0.2, 0.25) is 0 Å². The fourth-order valence-corrected chi connectivity index (χ4v) is 0.949. The summed E-state index contributed by atoms with van der Waals surface area (Å²) in [5.41, 5.74) is 7.07. The molecule has 1 aromatic rings. The fraction of sp³-hybridized carbons (Fsp3) is 0.273. The molecule has 0 fully saturated rings. The Hall–Kier alpha value is -1.86. The van der Waals surface area contributed by atoms with E-state index in [1.807, 2.05) is 13.0 Å². The fourth-order valence-electron chi connectivity index (χ4n) is 0.949. The molecular weight excluding hydrogens is 190 g/mol. The van der Waals surface area contributed by atoms with E-state index in [4.69, 9.17) is 5.73 Å². The van der Waals surface area contributed by atoms with Crippen molar-refractivity contribution in [3.63, 3.8) is 0 Å². The Morgan fingerprint density at radius 3 is 3.13 bits per heavy atom. The second-order valence-corrected chi connectivity index (χ2v) is 2.97. The molecule has 0 aliphatic carbocycles. The quantitative estimate of drug-likeness (QED) is 0.655. The molecule has 1 aromatic heterocycles. The molecule has 1 heterocycles. The van der Waals surface area contributed by atoms with Gasteiger partial charge in [0, 0.05) is 18.0 Å². The van der Waals surface area contributed by atoms with Crippen LogP contribution in [0.3, 0.4) is 0 Å². The molecule has 0 aromatic carbocycles. The maximum atomic E-state index is 10.8. The van der Waals surface area contributed by atoms with Crippen molar-refractivity contribution in [2.75, 3.05) is 13.1 Å². The first-order chi connectivity index (χ1) is 7.24. The zero-order valence-electron chi connectivity index (χ0n) is 8.58. The highest BCUT2D eigenvalue weighted by Gasteiger charge is 1.93. The molecule has 4 heteroatoms. The summed E-state index contributed by atoms with van der Waals surface area (Å²) in [4.78, 5) is 14.7. The lowest BCUT2D eigenvalue weighted by molar-refractivity contribution is -0.119. The van der Waals surface area contributed by atoms with E-state index in [0.29, 0.717) is 6.54 Å². The summed E-state index contributed by atoms with van der Waals surface area (Å²) in [6.45, 7) is 2.27. The average Bonchev–Trinajstić information content (AvgIpc) is 2.26. The Labute approximate surface area is 88.9 Å². The van der Waals surface area contributed by atoms with Crippen molar-refractivity contribution >= 4 is 5.91 Å². The van der Waals surface area contributed by atoms with Crippen LogP contribution in [-0.4, -0.2) is 24.0 Å². The number of hydrogen-bond donors (Lipinski definition) is 2. The number of nitrogens with two attached hydrogens (primary N) is 1. The summed E-state index contributed by atoms with van der Waals surface area (Å²) in [5, 5.41) is 2.56. The maximum Gasteiger partial charge on any atom is 0.234 e. The van der Waals surface area contributed by atoms with Crippen LogP contribution in [0.15, 0.2) is 18.5 Å². The van der Waals surface area contributed by atoms with Gasteiger partial charge in [0.25, 0.3) is 0 Å². The second-order valence-electron chi connectivity index (χ2n) is 2.97. The highest BCUT2D eigenvalue weighted by atomic mass is 16.1. The summed E-state index contributed by atoms with van der Waals surface area (Å²) in [7, 11) is 0. The average molecular weight is 203 g/mol. The molecule has 0 saturated heterocycles. The SMILES string of the molecule is Cc1ccncc1C#CCNC(=O)CN. The Kier molecular flexibility index (Phi) is 4.32. The van der Waals surface area contributed by atoms with Gasteiger partial charge in [-0.05, 0) is 18.6 Å². The zero-order chi connectivity index (χ0) is 11.1. The van der Waals surface area contributed by atoms with Gasteiger partial charge >= 0.3 is 0 Å². The summed E-state index contributed by atoms with van der Waals surface area (Å²) in [5.74, 6) is 5.55. The number of aromatic nitrogens is 1. The molecular formula is C11H13N3O. The lowest BCUT2D eigenvalue weighted by atomic mass is 10.2. The normalized spacial score (nSPS) is 8.93. The standard InChI is InChI=1S/C11H13N3O/c1-9-4-6-13-8-10(9)3-2-5-14-11(15)7-12/h4,6,8H,5,7,12H2,1H3,(H,14,15). The van der Waals surface area contributed by atoms with E-state index in [1.165, 1.54) is 0 Å². The van der Waals surface area contributed by atoms with Crippen LogP contribution >= 0.6 is 0 Å². The molecule has 0 aliphatic heterocycles. The molecule has 1 rings (SSSR count). The molecule has 1 amide bonds. The largest absolute Gasteiger partial charge is 0.344 e. The molecule has 0 spiro atoms. The topological polar surface area (TPSA) is 68.0 Å². The lowest BCUT2D eigenvalue weighted by Gasteiger charge is -1.96. The van der Waals surface area contributed by atoms with E-state index in [2.05, 4.69) is 22.1 Å².